The van der Waals surface area contributed by atoms with Gasteiger partial charge >= 0.3 is 0 Å². The molecule has 0 saturated heterocycles. The lowest BCUT2D eigenvalue weighted by Gasteiger charge is -2.17. The van der Waals surface area contributed by atoms with E-state index in [1.807, 2.05) is 49.4 Å². The predicted molar refractivity (Wildman–Crippen MR) is 112 cm³/mol. The zero-order chi connectivity index (χ0) is 19.3. The standard InChI is InChI=1S/C22H25Cl2NO/c1-14(2)16(4)25-22(26)18-9-7-17(8-10-18)6-5-15(3)19-11-12-20(23)21(24)13-19/h5,7-14,16H,6H2,1-4H3,(H,25,26)/b15-5-. The van der Waals surface area contributed by atoms with Crippen molar-refractivity contribution >= 4 is 34.7 Å². The summed E-state index contributed by atoms with van der Waals surface area (Å²) in [6.45, 7) is 8.26. The Bertz CT molecular complexity index is 794. The average molecular weight is 390 g/mol. The fourth-order valence-electron chi connectivity index (χ4n) is 2.38. The van der Waals surface area contributed by atoms with E-state index in [4.69, 9.17) is 23.2 Å². The van der Waals surface area contributed by atoms with Crippen LogP contribution in [0.5, 0.6) is 0 Å². The Hall–Kier alpha value is -1.77. The van der Waals surface area contributed by atoms with E-state index in [0.717, 1.165) is 23.1 Å². The van der Waals surface area contributed by atoms with Crippen LogP contribution in [-0.2, 0) is 6.42 Å². The molecule has 0 heterocycles. The van der Waals surface area contributed by atoms with Crippen LogP contribution in [0.15, 0.2) is 48.5 Å². The van der Waals surface area contributed by atoms with E-state index in [2.05, 4.69) is 32.2 Å². The lowest BCUT2D eigenvalue weighted by atomic mass is 10.0. The number of nitrogens with one attached hydrogen (secondary N) is 1. The zero-order valence-corrected chi connectivity index (χ0v) is 17.2. The van der Waals surface area contributed by atoms with Crippen LogP contribution in [0.25, 0.3) is 5.57 Å². The van der Waals surface area contributed by atoms with Gasteiger partial charge in [-0.2, -0.15) is 0 Å². The third kappa shape index (κ3) is 5.62. The molecule has 0 fully saturated rings. The van der Waals surface area contributed by atoms with E-state index < -0.39 is 0 Å². The van der Waals surface area contributed by atoms with E-state index in [1.54, 1.807) is 0 Å². The van der Waals surface area contributed by atoms with Crippen LogP contribution in [0.4, 0.5) is 0 Å². The van der Waals surface area contributed by atoms with Gasteiger partial charge in [-0.1, -0.05) is 61.3 Å². The van der Waals surface area contributed by atoms with Crippen molar-refractivity contribution in [3.63, 3.8) is 0 Å². The van der Waals surface area contributed by atoms with Crippen molar-refractivity contribution in [1.82, 2.24) is 5.32 Å². The third-order valence-electron chi connectivity index (χ3n) is 4.59. The van der Waals surface area contributed by atoms with Gasteiger partial charge in [-0.15, -0.1) is 0 Å². The van der Waals surface area contributed by atoms with Gasteiger partial charge in [-0.05, 0) is 67.2 Å². The summed E-state index contributed by atoms with van der Waals surface area (Å²) in [6, 6.07) is 13.5. The van der Waals surface area contributed by atoms with E-state index in [0.29, 0.717) is 21.5 Å². The highest BCUT2D eigenvalue weighted by Gasteiger charge is 2.12. The Balaban J connectivity index is 2.02. The molecule has 2 aromatic rings. The lowest BCUT2D eigenvalue weighted by molar-refractivity contribution is 0.0930. The van der Waals surface area contributed by atoms with Crippen molar-refractivity contribution in [2.75, 3.05) is 0 Å². The summed E-state index contributed by atoms with van der Waals surface area (Å²) in [6.07, 6.45) is 2.94. The number of hydrogen-bond donors (Lipinski definition) is 1. The highest BCUT2D eigenvalue weighted by Crippen LogP contribution is 2.26. The summed E-state index contributed by atoms with van der Waals surface area (Å²) < 4.78 is 0. The molecule has 138 valence electrons. The molecule has 1 atom stereocenters. The molecule has 0 saturated carbocycles. The Morgan fingerprint density at radius 2 is 1.62 bits per heavy atom. The van der Waals surface area contributed by atoms with Crippen molar-refractivity contribution in [3.05, 3.63) is 75.3 Å². The van der Waals surface area contributed by atoms with Gasteiger partial charge in [-0.3, -0.25) is 4.79 Å². The van der Waals surface area contributed by atoms with Crippen LogP contribution in [-0.4, -0.2) is 11.9 Å². The summed E-state index contributed by atoms with van der Waals surface area (Å²) in [5.74, 6) is 0.382. The highest BCUT2D eigenvalue weighted by atomic mass is 35.5. The van der Waals surface area contributed by atoms with Crippen molar-refractivity contribution in [2.45, 2.75) is 40.2 Å². The summed E-state index contributed by atoms with van der Waals surface area (Å²) in [5.41, 5.74) is 4.03. The molecule has 0 aliphatic carbocycles. The average Bonchev–Trinajstić information content (AvgIpc) is 2.62. The molecule has 0 aliphatic heterocycles. The largest absolute Gasteiger partial charge is 0.349 e. The van der Waals surface area contributed by atoms with Gasteiger partial charge in [0.25, 0.3) is 5.91 Å². The predicted octanol–water partition coefficient (Wildman–Crippen LogP) is 6.41. The van der Waals surface area contributed by atoms with Gasteiger partial charge in [0, 0.05) is 11.6 Å². The summed E-state index contributed by atoms with van der Waals surface area (Å²) in [7, 11) is 0. The van der Waals surface area contributed by atoms with Crippen molar-refractivity contribution in [3.8, 4) is 0 Å². The quantitative estimate of drug-likeness (QED) is 0.606. The van der Waals surface area contributed by atoms with Crippen LogP contribution in [0.3, 0.4) is 0 Å². The van der Waals surface area contributed by atoms with Crippen LogP contribution < -0.4 is 5.32 Å². The van der Waals surface area contributed by atoms with Gasteiger partial charge in [0.05, 0.1) is 10.0 Å². The second kappa shape index (κ2) is 9.25. The molecule has 1 N–H and O–H groups in total. The Morgan fingerprint density at radius 3 is 2.19 bits per heavy atom. The fourth-order valence-corrected chi connectivity index (χ4v) is 2.68. The monoisotopic (exact) mass is 389 g/mol. The van der Waals surface area contributed by atoms with Crippen molar-refractivity contribution in [2.24, 2.45) is 5.92 Å². The number of halogens is 2. The smallest absolute Gasteiger partial charge is 0.251 e. The Morgan fingerprint density at radius 1 is 1.00 bits per heavy atom. The molecule has 0 bridgehead atoms. The summed E-state index contributed by atoms with van der Waals surface area (Å²) >= 11 is 12.0. The van der Waals surface area contributed by atoms with E-state index in [9.17, 15) is 4.79 Å². The number of rotatable bonds is 6. The molecule has 2 aromatic carbocycles. The molecular weight excluding hydrogens is 365 g/mol. The van der Waals surface area contributed by atoms with Crippen LogP contribution in [0.2, 0.25) is 10.0 Å². The first kappa shape index (κ1) is 20.5. The molecule has 1 unspecified atom stereocenters. The molecule has 26 heavy (non-hydrogen) atoms. The zero-order valence-electron chi connectivity index (χ0n) is 15.6. The van der Waals surface area contributed by atoms with Gasteiger partial charge in [-0.25, -0.2) is 0 Å². The number of allylic oxidation sites excluding steroid dienone is 2. The Labute approximate surface area is 166 Å². The first-order chi connectivity index (χ1) is 12.3. The highest BCUT2D eigenvalue weighted by molar-refractivity contribution is 6.42. The molecule has 0 aliphatic rings. The first-order valence-electron chi connectivity index (χ1n) is 8.80. The maximum atomic E-state index is 12.2. The SMILES string of the molecule is C/C(=C/Cc1ccc(C(=O)NC(C)C(C)C)cc1)c1ccc(Cl)c(Cl)c1. The number of benzene rings is 2. The molecule has 2 rings (SSSR count). The van der Waals surface area contributed by atoms with Crippen molar-refractivity contribution in [1.29, 1.82) is 0 Å². The van der Waals surface area contributed by atoms with Gasteiger partial charge in [0.2, 0.25) is 0 Å². The molecule has 0 aromatic heterocycles. The van der Waals surface area contributed by atoms with Gasteiger partial charge in [0.1, 0.15) is 0 Å². The molecule has 4 heteroatoms. The topological polar surface area (TPSA) is 29.1 Å². The van der Waals surface area contributed by atoms with Crippen molar-refractivity contribution < 1.29 is 4.79 Å². The number of carbonyl (C=O) groups excluding carboxylic acids is 1. The molecule has 1 amide bonds. The minimum absolute atomic E-state index is 0.0275. The number of amides is 1. The van der Waals surface area contributed by atoms with E-state index in [-0.39, 0.29) is 11.9 Å². The molecule has 0 radical (unpaired) electrons. The van der Waals surface area contributed by atoms with Crippen LogP contribution >= 0.6 is 23.2 Å². The van der Waals surface area contributed by atoms with Crippen LogP contribution in [0.1, 0.15) is 49.2 Å². The first-order valence-corrected chi connectivity index (χ1v) is 9.55. The van der Waals surface area contributed by atoms with E-state index in [1.165, 1.54) is 0 Å². The number of hydrogen-bond acceptors (Lipinski definition) is 1. The van der Waals surface area contributed by atoms with Crippen LogP contribution in [0, 0.1) is 5.92 Å². The van der Waals surface area contributed by atoms with E-state index >= 15 is 0 Å². The second-order valence-corrected chi connectivity index (χ2v) is 7.74. The molecule has 0 spiro atoms. The molecular formula is C22H25Cl2NO. The Kier molecular flexibility index (Phi) is 7.31. The number of carbonyl (C=O) groups is 1. The maximum absolute atomic E-state index is 12.2. The minimum atomic E-state index is -0.0275. The summed E-state index contributed by atoms with van der Waals surface area (Å²) in [5, 5.41) is 4.14. The third-order valence-corrected chi connectivity index (χ3v) is 5.33. The maximum Gasteiger partial charge on any atom is 0.251 e. The summed E-state index contributed by atoms with van der Waals surface area (Å²) in [4.78, 5) is 12.2. The minimum Gasteiger partial charge on any atom is -0.349 e. The van der Waals surface area contributed by atoms with Gasteiger partial charge in [0.15, 0.2) is 0 Å². The normalized spacial score (nSPS) is 13.0. The fraction of sp³-hybridized carbons (Fsp3) is 0.318. The second-order valence-electron chi connectivity index (χ2n) is 6.92. The lowest BCUT2D eigenvalue weighted by Crippen LogP contribution is -2.36. The molecule has 2 nitrogen and oxygen atoms in total. The van der Waals surface area contributed by atoms with Gasteiger partial charge < -0.3 is 5.32 Å².